The molecule has 0 saturated carbocycles. The van der Waals surface area contributed by atoms with Crippen LogP contribution in [0.2, 0.25) is 0 Å². The number of fused-ring (bicyclic) bond motifs is 2. The largest absolute Gasteiger partial charge is 0.439 e. The standard InChI is InChI=1S/C25H16N4O2S/c30-25-27-19-7-1-2-8-20(19)29(25)22-9-4-10-23(28-22)31-17-6-3-5-16(15-17)24-18-12-14-32-21(18)11-13-26-24/h1-15H,(H,27,30). The lowest BCUT2D eigenvalue weighted by atomic mass is 10.1. The number of nitrogens with zero attached hydrogens (tertiary/aromatic N) is 3. The van der Waals surface area contributed by atoms with Gasteiger partial charge in [-0.15, -0.1) is 11.3 Å². The third kappa shape index (κ3) is 3.16. The van der Waals surface area contributed by atoms with Crippen molar-refractivity contribution in [3.05, 3.63) is 101 Å². The van der Waals surface area contributed by atoms with Gasteiger partial charge in [0.2, 0.25) is 5.88 Å². The van der Waals surface area contributed by atoms with Gasteiger partial charge in [0.25, 0.3) is 0 Å². The van der Waals surface area contributed by atoms with Crippen molar-refractivity contribution in [1.29, 1.82) is 0 Å². The molecule has 32 heavy (non-hydrogen) atoms. The van der Waals surface area contributed by atoms with E-state index in [0.717, 1.165) is 27.7 Å². The highest BCUT2D eigenvalue weighted by molar-refractivity contribution is 7.17. The molecule has 0 bridgehead atoms. The fourth-order valence-corrected chi connectivity index (χ4v) is 4.60. The van der Waals surface area contributed by atoms with E-state index in [2.05, 4.69) is 26.4 Å². The number of nitrogens with one attached hydrogen (secondary N) is 1. The molecule has 0 saturated heterocycles. The average molecular weight is 436 g/mol. The van der Waals surface area contributed by atoms with Gasteiger partial charge in [0.15, 0.2) is 0 Å². The van der Waals surface area contributed by atoms with Crippen molar-refractivity contribution in [3.8, 4) is 28.7 Å². The molecular weight excluding hydrogens is 420 g/mol. The van der Waals surface area contributed by atoms with Gasteiger partial charge in [-0.2, -0.15) is 4.98 Å². The van der Waals surface area contributed by atoms with E-state index in [9.17, 15) is 4.79 Å². The van der Waals surface area contributed by atoms with Crippen molar-refractivity contribution >= 4 is 32.5 Å². The van der Waals surface area contributed by atoms with Crippen molar-refractivity contribution in [2.75, 3.05) is 0 Å². The SMILES string of the molecule is O=c1[nH]c2ccccc2n1-c1cccc(Oc2cccc(-c3nccc4sccc34)c2)n1. The molecule has 0 radical (unpaired) electrons. The zero-order valence-electron chi connectivity index (χ0n) is 16.7. The Bertz CT molecular complexity index is 1650. The van der Waals surface area contributed by atoms with Crippen molar-refractivity contribution in [1.82, 2.24) is 19.5 Å². The number of H-pyrrole nitrogens is 1. The van der Waals surface area contributed by atoms with E-state index in [1.807, 2.05) is 66.9 Å². The molecule has 1 N–H and O–H groups in total. The smallest absolute Gasteiger partial charge is 0.332 e. The molecular formula is C25H16N4O2S. The number of benzene rings is 2. The van der Waals surface area contributed by atoms with Crippen LogP contribution in [-0.4, -0.2) is 19.5 Å². The van der Waals surface area contributed by atoms with Crippen molar-refractivity contribution in [3.63, 3.8) is 0 Å². The first-order valence-electron chi connectivity index (χ1n) is 10.0. The van der Waals surface area contributed by atoms with E-state index in [0.29, 0.717) is 17.4 Å². The average Bonchev–Trinajstić information content (AvgIpc) is 3.43. The third-order valence-electron chi connectivity index (χ3n) is 5.24. The van der Waals surface area contributed by atoms with E-state index in [4.69, 9.17) is 4.74 Å². The topological polar surface area (TPSA) is 72.8 Å². The highest BCUT2D eigenvalue weighted by Gasteiger charge is 2.11. The minimum Gasteiger partial charge on any atom is -0.439 e. The molecule has 0 fully saturated rings. The summed E-state index contributed by atoms with van der Waals surface area (Å²) in [5.74, 6) is 1.54. The molecule has 6 rings (SSSR count). The molecule has 6 nitrogen and oxygen atoms in total. The Balaban J connectivity index is 1.37. The molecule has 0 aliphatic carbocycles. The summed E-state index contributed by atoms with van der Waals surface area (Å²) in [5.41, 5.74) is 3.16. The molecule has 0 atom stereocenters. The fraction of sp³-hybridized carbons (Fsp3) is 0. The summed E-state index contributed by atoms with van der Waals surface area (Å²) in [6.07, 6.45) is 1.83. The van der Waals surface area contributed by atoms with Crippen LogP contribution in [0.5, 0.6) is 11.6 Å². The molecule has 0 aliphatic rings. The maximum atomic E-state index is 12.5. The minimum absolute atomic E-state index is 0.243. The zero-order valence-corrected chi connectivity index (χ0v) is 17.5. The van der Waals surface area contributed by atoms with Crippen molar-refractivity contribution < 1.29 is 4.74 Å². The van der Waals surface area contributed by atoms with Crippen LogP contribution in [0.3, 0.4) is 0 Å². The second kappa shape index (κ2) is 7.47. The number of aromatic nitrogens is 4. The van der Waals surface area contributed by atoms with Crippen LogP contribution in [0.1, 0.15) is 0 Å². The van der Waals surface area contributed by atoms with Gasteiger partial charge in [-0.1, -0.05) is 30.3 Å². The van der Waals surface area contributed by atoms with E-state index >= 15 is 0 Å². The van der Waals surface area contributed by atoms with Gasteiger partial charge in [0.1, 0.15) is 11.6 Å². The Labute approximate surface area is 186 Å². The van der Waals surface area contributed by atoms with Crippen LogP contribution in [-0.2, 0) is 0 Å². The number of para-hydroxylation sites is 2. The van der Waals surface area contributed by atoms with Crippen LogP contribution in [0.25, 0.3) is 38.2 Å². The lowest BCUT2D eigenvalue weighted by Crippen LogP contribution is -2.15. The van der Waals surface area contributed by atoms with Gasteiger partial charge in [0.05, 0.1) is 16.7 Å². The number of ether oxygens (including phenoxy) is 1. The predicted molar refractivity (Wildman–Crippen MR) is 127 cm³/mol. The predicted octanol–water partition coefficient (Wildman–Crippen LogP) is 5.78. The minimum atomic E-state index is -0.243. The lowest BCUT2D eigenvalue weighted by Gasteiger charge is -2.09. The normalized spacial score (nSPS) is 11.2. The Morgan fingerprint density at radius 2 is 1.84 bits per heavy atom. The summed E-state index contributed by atoms with van der Waals surface area (Å²) in [6, 6.07) is 24.8. The van der Waals surface area contributed by atoms with Crippen LogP contribution >= 0.6 is 11.3 Å². The molecule has 0 aliphatic heterocycles. The van der Waals surface area contributed by atoms with Crippen molar-refractivity contribution in [2.24, 2.45) is 0 Å². The van der Waals surface area contributed by atoms with Gasteiger partial charge in [-0.3, -0.25) is 4.98 Å². The van der Waals surface area contributed by atoms with Crippen LogP contribution in [0.15, 0.2) is 95.2 Å². The molecule has 4 aromatic heterocycles. The third-order valence-corrected chi connectivity index (χ3v) is 6.12. The summed E-state index contributed by atoms with van der Waals surface area (Å²) in [7, 11) is 0. The molecule has 0 unspecified atom stereocenters. The summed E-state index contributed by atoms with van der Waals surface area (Å²) in [4.78, 5) is 24.5. The second-order valence-electron chi connectivity index (χ2n) is 7.24. The molecule has 0 spiro atoms. The number of imidazole rings is 1. The lowest BCUT2D eigenvalue weighted by molar-refractivity contribution is 0.462. The molecule has 4 heterocycles. The number of aromatic amines is 1. The fourth-order valence-electron chi connectivity index (χ4n) is 3.82. The quantitative estimate of drug-likeness (QED) is 0.380. The first-order valence-corrected chi connectivity index (χ1v) is 10.9. The molecule has 154 valence electrons. The highest BCUT2D eigenvalue weighted by Crippen LogP contribution is 2.32. The second-order valence-corrected chi connectivity index (χ2v) is 8.19. The van der Waals surface area contributed by atoms with Crippen LogP contribution in [0.4, 0.5) is 0 Å². The van der Waals surface area contributed by atoms with Gasteiger partial charge >= 0.3 is 5.69 Å². The molecule has 0 amide bonds. The summed E-state index contributed by atoms with van der Waals surface area (Å²) < 4.78 is 8.80. The van der Waals surface area contributed by atoms with E-state index in [1.54, 1.807) is 28.0 Å². The van der Waals surface area contributed by atoms with Crippen molar-refractivity contribution in [2.45, 2.75) is 0 Å². The molecule has 7 heteroatoms. The van der Waals surface area contributed by atoms with E-state index in [-0.39, 0.29) is 5.69 Å². The Kier molecular flexibility index (Phi) is 4.33. The molecule has 6 aromatic rings. The van der Waals surface area contributed by atoms with Gasteiger partial charge < -0.3 is 9.72 Å². The van der Waals surface area contributed by atoms with E-state index < -0.39 is 0 Å². The first-order chi connectivity index (χ1) is 15.8. The number of hydrogen-bond donors (Lipinski definition) is 1. The Morgan fingerprint density at radius 3 is 2.81 bits per heavy atom. The first kappa shape index (κ1) is 18.5. The van der Waals surface area contributed by atoms with Gasteiger partial charge in [-0.25, -0.2) is 9.36 Å². The van der Waals surface area contributed by atoms with Crippen LogP contribution in [0, 0.1) is 0 Å². The Hall–Kier alpha value is -4.23. The number of rotatable bonds is 4. The van der Waals surface area contributed by atoms with Gasteiger partial charge in [-0.05, 0) is 47.8 Å². The maximum absolute atomic E-state index is 12.5. The monoisotopic (exact) mass is 436 g/mol. The summed E-state index contributed by atoms with van der Waals surface area (Å²) in [5, 5.41) is 3.19. The van der Waals surface area contributed by atoms with Gasteiger partial charge in [0, 0.05) is 27.9 Å². The van der Waals surface area contributed by atoms with Crippen LogP contribution < -0.4 is 10.4 Å². The summed E-state index contributed by atoms with van der Waals surface area (Å²) in [6.45, 7) is 0. The van der Waals surface area contributed by atoms with E-state index in [1.165, 1.54) is 4.70 Å². The molecule has 2 aromatic carbocycles. The maximum Gasteiger partial charge on any atom is 0.332 e. The summed E-state index contributed by atoms with van der Waals surface area (Å²) >= 11 is 1.69. The number of pyridine rings is 2. The number of thiophene rings is 1. The highest BCUT2D eigenvalue weighted by atomic mass is 32.1. The Morgan fingerprint density at radius 1 is 0.938 bits per heavy atom. The zero-order chi connectivity index (χ0) is 21.5. The number of hydrogen-bond acceptors (Lipinski definition) is 5.